The Labute approximate surface area is 184 Å². The molecule has 3 atom stereocenters. The van der Waals surface area contributed by atoms with E-state index in [1.54, 1.807) is 14.7 Å². The predicted molar refractivity (Wildman–Crippen MR) is 110 cm³/mol. The smallest absolute Gasteiger partial charge is 0.371 e. The highest BCUT2D eigenvalue weighted by atomic mass is 19.4. The van der Waals surface area contributed by atoms with Gasteiger partial charge in [0.1, 0.15) is 6.61 Å². The van der Waals surface area contributed by atoms with Gasteiger partial charge < -0.3 is 24.8 Å². The fourth-order valence-corrected chi connectivity index (χ4v) is 5.14. The fraction of sp³-hybridized carbons (Fsp3) is 0.636. The monoisotopic (exact) mass is 452 g/mol. The quantitative estimate of drug-likeness (QED) is 0.747. The topological polar surface area (TPSA) is 65.1 Å². The lowest BCUT2D eigenvalue weighted by Crippen LogP contribution is -2.63. The van der Waals surface area contributed by atoms with Gasteiger partial charge >= 0.3 is 12.2 Å². The summed E-state index contributed by atoms with van der Waals surface area (Å²) in [5.41, 5.74) is 1.91. The number of anilines is 1. The predicted octanol–water partition coefficient (Wildman–Crippen LogP) is 2.18. The first-order valence-electron chi connectivity index (χ1n) is 11.1. The number of amides is 3. The molecular formula is C22H27F3N4O3. The van der Waals surface area contributed by atoms with Gasteiger partial charge in [0, 0.05) is 50.9 Å². The molecule has 0 radical (unpaired) electrons. The van der Waals surface area contributed by atoms with Gasteiger partial charge in [0.25, 0.3) is 0 Å². The maximum Gasteiger partial charge on any atom is 0.393 e. The third kappa shape index (κ3) is 4.12. The van der Waals surface area contributed by atoms with Crippen molar-refractivity contribution in [2.24, 2.45) is 5.92 Å². The SMILES string of the molecule is O=C1COC2CCN(C(=O)N3CC(c4ccc(N5CC[C@H](C(F)(F)F)C5)cc4)C3)CC2N1. The van der Waals surface area contributed by atoms with Gasteiger partial charge in [-0.15, -0.1) is 0 Å². The summed E-state index contributed by atoms with van der Waals surface area (Å²) in [5, 5.41) is 2.91. The molecule has 0 aromatic heterocycles. The van der Waals surface area contributed by atoms with Gasteiger partial charge in [-0.3, -0.25) is 4.79 Å². The van der Waals surface area contributed by atoms with Crippen molar-refractivity contribution >= 4 is 17.6 Å². The Morgan fingerprint density at radius 3 is 2.44 bits per heavy atom. The Balaban J connectivity index is 1.12. The Hall–Kier alpha value is -2.49. The lowest BCUT2D eigenvalue weighted by atomic mass is 9.91. The zero-order valence-corrected chi connectivity index (χ0v) is 17.7. The molecule has 10 heteroatoms. The van der Waals surface area contributed by atoms with Gasteiger partial charge in [0.2, 0.25) is 5.91 Å². The number of nitrogens with zero attached hydrogens (tertiary/aromatic N) is 3. The van der Waals surface area contributed by atoms with Crippen molar-refractivity contribution in [3.63, 3.8) is 0 Å². The summed E-state index contributed by atoms with van der Waals surface area (Å²) in [6, 6.07) is 7.52. The first-order chi connectivity index (χ1) is 15.3. The molecule has 4 saturated heterocycles. The van der Waals surface area contributed by atoms with Crippen LogP contribution in [0.5, 0.6) is 0 Å². The van der Waals surface area contributed by atoms with Crippen molar-refractivity contribution in [1.82, 2.24) is 15.1 Å². The number of piperidine rings is 1. The number of hydrogen-bond acceptors (Lipinski definition) is 4. The Morgan fingerprint density at radius 1 is 1.00 bits per heavy atom. The van der Waals surface area contributed by atoms with E-state index in [2.05, 4.69) is 5.32 Å². The maximum absolute atomic E-state index is 12.9. The second kappa shape index (κ2) is 8.13. The number of fused-ring (bicyclic) bond motifs is 1. The third-order valence-electron chi connectivity index (χ3n) is 7.13. The lowest BCUT2D eigenvalue weighted by molar-refractivity contribution is -0.168. The first-order valence-corrected chi connectivity index (χ1v) is 11.1. The van der Waals surface area contributed by atoms with Crippen LogP contribution in [-0.4, -0.2) is 85.9 Å². The summed E-state index contributed by atoms with van der Waals surface area (Å²) in [7, 11) is 0. The van der Waals surface area contributed by atoms with Gasteiger partial charge in [-0.1, -0.05) is 12.1 Å². The van der Waals surface area contributed by atoms with Gasteiger partial charge in [0.05, 0.1) is 18.1 Å². The second-order valence-electron chi connectivity index (χ2n) is 9.21. The number of rotatable bonds is 2. The van der Waals surface area contributed by atoms with Crippen LogP contribution in [0.4, 0.5) is 23.7 Å². The van der Waals surface area contributed by atoms with Crippen molar-refractivity contribution in [2.45, 2.75) is 37.1 Å². The van der Waals surface area contributed by atoms with E-state index in [1.165, 1.54) is 0 Å². The number of benzene rings is 1. The van der Waals surface area contributed by atoms with Crippen LogP contribution in [0.25, 0.3) is 0 Å². The molecule has 2 unspecified atom stereocenters. The zero-order chi connectivity index (χ0) is 22.5. The average molecular weight is 452 g/mol. The van der Waals surface area contributed by atoms with Crippen LogP contribution < -0.4 is 10.2 Å². The van der Waals surface area contributed by atoms with E-state index < -0.39 is 12.1 Å². The first kappa shape index (κ1) is 21.4. The van der Waals surface area contributed by atoms with Crippen molar-refractivity contribution in [3.8, 4) is 0 Å². The molecule has 0 saturated carbocycles. The highest BCUT2D eigenvalue weighted by molar-refractivity contribution is 5.79. The van der Waals surface area contributed by atoms with Crippen LogP contribution in [0.15, 0.2) is 24.3 Å². The molecule has 1 aromatic rings. The highest BCUT2D eigenvalue weighted by Gasteiger charge is 2.44. The Morgan fingerprint density at radius 2 is 1.75 bits per heavy atom. The van der Waals surface area contributed by atoms with Crippen molar-refractivity contribution in [3.05, 3.63) is 29.8 Å². The van der Waals surface area contributed by atoms with Crippen LogP contribution in [-0.2, 0) is 9.53 Å². The highest BCUT2D eigenvalue weighted by Crippen LogP contribution is 2.36. The van der Waals surface area contributed by atoms with Crippen LogP contribution in [0, 0.1) is 5.92 Å². The number of nitrogens with one attached hydrogen (secondary N) is 1. The number of alkyl halides is 3. The lowest BCUT2D eigenvalue weighted by Gasteiger charge is -2.46. The second-order valence-corrected chi connectivity index (χ2v) is 9.21. The van der Waals surface area contributed by atoms with E-state index in [4.69, 9.17) is 4.74 Å². The van der Waals surface area contributed by atoms with E-state index in [9.17, 15) is 22.8 Å². The summed E-state index contributed by atoms with van der Waals surface area (Å²) in [4.78, 5) is 29.8. The summed E-state index contributed by atoms with van der Waals surface area (Å²) in [6.45, 7) is 2.82. The van der Waals surface area contributed by atoms with Crippen molar-refractivity contribution in [2.75, 3.05) is 50.8 Å². The molecule has 1 aromatic carbocycles. The molecule has 4 aliphatic rings. The minimum Gasteiger partial charge on any atom is -0.371 e. The number of hydrogen-bond donors (Lipinski definition) is 1. The van der Waals surface area contributed by atoms with E-state index in [0.717, 1.165) is 11.3 Å². The van der Waals surface area contributed by atoms with Crippen LogP contribution in [0.3, 0.4) is 0 Å². The Kier molecular flexibility index (Phi) is 5.43. The van der Waals surface area contributed by atoms with E-state index in [0.29, 0.717) is 39.1 Å². The van der Waals surface area contributed by atoms with Crippen molar-refractivity contribution in [1.29, 1.82) is 0 Å². The molecule has 0 bridgehead atoms. The molecule has 3 amide bonds. The van der Waals surface area contributed by atoms with Gasteiger partial charge in [-0.25, -0.2) is 4.79 Å². The molecular weight excluding hydrogens is 425 g/mol. The summed E-state index contributed by atoms with van der Waals surface area (Å²) < 4.78 is 44.3. The molecule has 0 spiro atoms. The third-order valence-corrected chi connectivity index (χ3v) is 7.13. The van der Waals surface area contributed by atoms with Gasteiger partial charge in [0.15, 0.2) is 0 Å². The fourth-order valence-electron chi connectivity index (χ4n) is 5.14. The number of ether oxygens (including phenoxy) is 1. The molecule has 32 heavy (non-hydrogen) atoms. The molecule has 0 aliphatic carbocycles. The number of likely N-dealkylation sites (tertiary alicyclic amines) is 2. The van der Waals surface area contributed by atoms with Gasteiger partial charge in [-0.05, 0) is 30.5 Å². The summed E-state index contributed by atoms with van der Waals surface area (Å²) >= 11 is 0. The molecule has 174 valence electrons. The largest absolute Gasteiger partial charge is 0.393 e. The van der Waals surface area contributed by atoms with E-state index in [1.807, 2.05) is 24.3 Å². The molecule has 4 heterocycles. The summed E-state index contributed by atoms with van der Waals surface area (Å²) in [6.07, 6.45) is -3.32. The normalized spacial score (nSPS) is 28.9. The maximum atomic E-state index is 12.9. The number of urea groups is 1. The number of halogens is 3. The summed E-state index contributed by atoms with van der Waals surface area (Å²) in [5.74, 6) is -1.17. The molecule has 1 N–H and O–H groups in total. The number of carbonyl (C=O) groups excluding carboxylic acids is 2. The molecule has 4 fully saturated rings. The molecule has 5 rings (SSSR count). The van der Waals surface area contributed by atoms with E-state index >= 15 is 0 Å². The zero-order valence-electron chi connectivity index (χ0n) is 17.7. The standard InChI is InChI=1S/C22H27F3N4O3/c23-22(24,25)16-5-7-27(11-16)17-3-1-14(2-4-17)15-9-29(10-15)21(31)28-8-6-19-18(12-28)26-20(30)13-32-19/h1-4,15-16,18-19H,5-13H2,(H,26,30)/t16-,18?,19?/m0/s1. The number of carbonyl (C=O) groups is 2. The minimum atomic E-state index is -4.14. The van der Waals surface area contributed by atoms with Crippen LogP contribution in [0.1, 0.15) is 24.3 Å². The average Bonchev–Trinajstić information content (AvgIpc) is 3.23. The minimum absolute atomic E-state index is 0.0116. The van der Waals surface area contributed by atoms with Crippen LogP contribution in [0.2, 0.25) is 0 Å². The van der Waals surface area contributed by atoms with Crippen molar-refractivity contribution < 1.29 is 27.5 Å². The molecule has 4 aliphatic heterocycles. The number of morpholine rings is 1. The van der Waals surface area contributed by atoms with Crippen LogP contribution >= 0.6 is 0 Å². The van der Waals surface area contributed by atoms with E-state index in [-0.39, 0.29) is 49.6 Å². The Bertz CT molecular complexity index is 872. The van der Waals surface area contributed by atoms with Gasteiger partial charge in [-0.2, -0.15) is 13.2 Å². The molecule has 7 nitrogen and oxygen atoms in total.